The molecule has 0 atom stereocenters. The Morgan fingerprint density at radius 3 is 2.50 bits per heavy atom. The fourth-order valence-electron chi connectivity index (χ4n) is 1.99. The molecule has 0 aliphatic carbocycles. The minimum Gasteiger partial charge on any atom is -0.352 e. The lowest BCUT2D eigenvalue weighted by Crippen LogP contribution is -1.99. The largest absolute Gasteiger partial charge is 0.352 e. The minimum atomic E-state index is 0.00511. The molecule has 18 heavy (non-hydrogen) atoms. The third kappa shape index (κ3) is 1.81. The molecule has 88 valence electrons. The van der Waals surface area contributed by atoms with E-state index in [2.05, 4.69) is 5.32 Å². The number of hydrogen-bond acceptors (Lipinski definition) is 2. The highest BCUT2D eigenvalue weighted by molar-refractivity contribution is 6.32. The van der Waals surface area contributed by atoms with Gasteiger partial charge in [-0.3, -0.25) is 4.79 Å². The number of rotatable bonds is 1. The number of Topliss-reactive ketones (excluding diaryl/α,β-unsaturated/α-hetero) is 1. The molecule has 0 fully saturated rings. The van der Waals surface area contributed by atoms with Crippen LogP contribution in [0, 0.1) is 0 Å². The third-order valence-electron chi connectivity index (χ3n) is 2.89. The molecule has 1 N–H and O–H groups in total. The van der Waals surface area contributed by atoms with Gasteiger partial charge in [0.15, 0.2) is 0 Å². The van der Waals surface area contributed by atoms with Gasteiger partial charge in [0.2, 0.25) is 5.78 Å². The molecule has 0 bridgehead atoms. The second-order valence-electron chi connectivity index (χ2n) is 4.08. The van der Waals surface area contributed by atoms with E-state index in [1.165, 1.54) is 0 Å². The van der Waals surface area contributed by atoms with Crippen molar-refractivity contribution in [1.82, 2.24) is 0 Å². The average Bonchev–Trinajstić information content (AvgIpc) is 2.70. The van der Waals surface area contributed by atoms with Crippen LogP contribution in [0.5, 0.6) is 0 Å². The molecular formula is C15H10ClNO. The van der Waals surface area contributed by atoms with Crippen molar-refractivity contribution in [3.05, 3.63) is 70.4 Å². The highest BCUT2D eigenvalue weighted by Gasteiger charge is 2.23. The van der Waals surface area contributed by atoms with E-state index in [1.807, 2.05) is 42.5 Å². The van der Waals surface area contributed by atoms with Crippen molar-refractivity contribution in [2.45, 2.75) is 0 Å². The highest BCUT2D eigenvalue weighted by Crippen LogP contribution is 2.29. The molecule has 2 aromatic carbocycles. The second-order valence-corrected chi connectivity index (χ2v) is 4.49. The van der Waals surface area contributed by atoms with Crippen LogP contribution in [0.1, 0.15) is 15.9 Å². The number of carbonyl (C=O) groups excluding carboxylic acids is 1. The fraction of sp³-hybridized carbons (Fsp3) is 0. The number of anilines is 1. The van der Waals surface area contributed by atoms with Crippen LogP contribution in [-0.4, -0.2) is 5.78 Å². The summed E-state index contributed by atoms with van der Waals surface area (Å²) in [4.78, 5) is 12.1. The Morgan fingerprint density at radius 2 is 1.72 bits per heavy atom. The van der Waals surface area contributed by atoms with Gasteiger partial charge >= 0.3 is 0 Å². The lowest BCUT2D eigenvalue weighted by atomic mass is 10.1. The van der Waals surface area contributed by atoms with Gasteiger partial charge < -0.3 is 5.32 Å². The molecule has 0 spiro atoms. The van der Waals surface area contributed by atoms with Gasteiger partial charge in [-0.1, -0.05) is 41.9 Å². The summed E-state index contributed by atoms with van der Waals surface area (Å²) in [5.41, 5.74) is 2.95. The van der Waals surface area contributed by atoms with E-state index in [9.17, 15) is 4.79 Å². The highest BCUT2D eigenvalue weighted by atomic mass is 35.5. The number of nitrogens with one attached hydrogen (secondary N) is 1. The van der Waals surface area contributed by atoms with Crippen LogP contribution in [-0.2, 0) is 0 Å². The standard InChI is InChI=1S/C15H10ClNO/c16-12-7-3-1-5-10(12)9-14-15(18)11-6-2-4-8-13(11)17-14/h1-9,17H/b14-9-. The number of carbonyl (C=O) groups is 1. The van der Waals surface area contributed by atoms with Crippen LogP contribution in [0.2, 0.25) is 5.02 Å². The molecule has 0 saturated carbocycles. The lowest BCUT2D eigenvalue weighted by molar-refractivity contribution is 0.104. The maximum absolute atomic E-state index is 12.1. The summed E-state index contributed by atoms with van der Waals surface area (Å²) < 4.78 is 0. The Hall–Kier alpha value is -2.06. The lowest BCUT2D eigenvalue weighted by Gasteiger charge is -2.00. The van der Waals surface area contributed by atoms with E-state index in [0.29, 0.717) is 16.3 Å². The maximum Gasteiger partial charge on any atom is 0.211 e. The van der Waals surface area contributed by atoms with Crippen molar-refractivity contribution < 1.29 is 4.79 Å². The first-order valence-corrected chi connectivity index (χ1v) is 6.00. The van der Waals surface area contributed by atoms with E-state index >= 15 is 0 Å². The van der Waals surface area contributed by atoms with Gasteiger partial charge in [-0.2, -0.15) is 0 Å². The maximum atomic E-state index is 12.1. The number of fused-ring (bicyclic) bond motifs is 1. The van der Waals surface area contributed by atoms with Crippen LogP contribution >= 0.6 is 11.6 Å². The zero-order chi connectivity index (χ0) is 12.5. The van der Waals surface area contributed by atoms with E-state index in [1.54, 1.807) is 12.1 Å². The zero-order valence-electron chi connectivity index (χ0n) is 9.48. The fourth-order valence-corrected chi connectivity index (χ4v) is 2.18. The van der Waals surface area contributed by atoms with Crippen molar-refractivity contribution in [2.75, 3.05) is 5.32 Å². The first-order chi connectivity index (χ1) is 8.75. The molecular weight excluding hydrogens is 246 g/mol. The molecule has 0 amide bonds. The van der Waals surface area contributed by atoms with Crippen molar-refractivity contribution in [3.8, 4) is 0 Å². The van der Waals surface area contributed by atoms with Gasteiger partial charge in [-0.25, -0.2) is 0 Å². The second kappa shape index (κ2) is 4.31. The van der Waals surface area contributed by atoms with Crippen molar-refractivity contribution in [2.24, 2.45) is 0 Å². The van der Waals surface area contributed by atoms with Crippen molar-refractivity contribution in [3.63, 3.8) is 0 Å². The van der Waals surface area contributed by atoms with Crippen LogP contribution < -0.4 is 5.32 Å². The van der Waals surface area contributed by atoms with Crippen LogP contribution in [0.25, 0.3) is 6.08 Å². The smallest absolute Gasteiger partial charge is 0.211 e. The first-order valence-electron chi connectivity index (χ1n) is 5.63. The molecule has 0 radical (unpaired) electrons. The van der Waals surface area contributed by atoms with Gasteiger partial charge in [0.1, 0.15) is 0 Å². The Morgan fingerprint density at radius 1 is 1.00 bits per heavy atom. The molecule has 0 saturated heterocycles. The molecule has 1 heterocycles. The molecule has 0 aromatic heterocycles. The molecule has 1 aliphatic rings. The quantitative estimate of drug-likeness (QED) is 0.781. The molecule has 0 unspecified atom stereocenters. The Kier molecular flexibility index (Phi) is 2.65. The summed E-state index contributed by atoms with van der Waals surface area (Å²) in [6.45, 7) is 0. The zero-order valence-corrected chi connectivity index (χ0v) is 10.2. The summed E-state index contributed by atoms with van der Waals surface area (Å²) in [7, 11) is 0. The summed E-state index contributed by atoms with van der Waals surface area (Å²) >= 11 is 6.08. The average molecular weight is 256 g/mol. The molecule has 3 heteroatoms. The monoisotopic (exact) mass is 255 g/mol. The predicted octanol–water partition coefficient (Wildman–Crippen LogP) is 3.99. The Balaban J connectivity index is 2.02. The SMILES string of the molecule is O=C1/C(=C/c2ccccc2Cl)Nc2ccccc21. The Labute approximate surface area is 110 Å². The number of ketones is 1. The summed E-state index contributed by atoms with van der Waals surface area (Å²) in [6, 6.07) is 14.9. The number of para-hydroxylation sites is 1. The normalized spacial score (nSPS) is 15.6. The van der Waals surface area contributed by atoms with Crippen LogP contribution in [0.15, 0.2) is 54.2 Å². The molecule has 1 aliphatic heterocycles. The number of allylic oxidation sites excluding steroid dienone is 1. The van der Waals surface area contributed by atoms with E-state index < -0.39 is 0 Å². The topological polar surface area (TPSA) is 29.1 Å². The van der Waals surface area contributed by atoms with Crippen LogP contribution in [0.3, 0.4) is 0 Å². The summed E-state index contributed by atoms with van der Waals surface area (Å²) in [6.07, 6.45) is 1.78. The van der Waals surface area contributed by atoms with Crippen molar-refractivity contribution >= 4 is 29.1 Å². The van der Waals surface area contributed by atoms with Gasteiger partial charge in [0.05, 0.1) is 5.70 Å². The van der Waals surface area contributed by atoms with Crippen molar-refractivity contribution in [1.29, 1.82) is 0 Å². The summed E-state index contributed by atoms with van der Waals surface area (Å²) in [5.74, 6) is 0.00511. The van der Waals surface area contributed by atoms with Crippen LogP contribution in [0.4, 0.5) is 5.69 Å². The van der Waals surface area contributed by atoms with E-state index in [4.69, 9.17) is 11.6 Å². The number of benzene rings is 2. The van der Waals surface area contributed by atoms with E-state index in [0.717, 1.165) is 11.3 Å². The number of hydrogen-bond donors (Lipinski definition) is 1. The van der Waals surface area contributed by atoms with E-state index in [-0.39, 0.29) is 5.78 Å². The summed E-state index contributed by atoms with van der Waals surface area (Å²) in [5, 5.41) is 3.75. The Bertz CT molecular complexity index is 661. The first kappa shape index (κ1) is 11.1. The molecule has 3 rings (SSSR count). The molecule has 2 nitrogen and oxygen atoms in total. The van der Waals surface area contributed by atoms with Gasteiger partial charge in [0, 0.05) is 16.3 Å². The predicted molar refractivity (Wildman–Crippen MR) is 73.8 cm³/mol. The van der Waals surface area contributed by atoms with Gasteiger partial charge in [-0.05, 0) is 29.8 Å². The minimum absolute atomic E-state index is 0.00511. The molecule has 2 aromatic rings. The van der Waals surface area contributed by atoms with Gasteiger partial charge in [0.25, 0.3) is 0 Å². The number of halogens is 1. The van der Waals surface area contributed by atoms with Gasteiger partial charge in [-0.15, -0.1) is 0 Å². The third-order valence-corrected chi connectivity index (χ3v) is 3.23.